The van der Waals surface area contributed by atoms with Gasteiger partial charge in [-0.15, -0.1) is 11.3 Å². The lowest BCUT2D eigenvalue weighted by Crippen LogP contribution is -2.04. The van der Waals surface area contributed by atoms with E-state index in [4.69, 9.17) is 11.6 Å². The number of rotatable bonds is 3. The number of fused-ring (bicyclic) bond motifs is 1. The zero-order valence-electron chi connectivity index (χ0n) is 10.3. The molecule has 0 fully saturated rings. The number of ketones is 1. The van der Waals surface area contributed by atoms with Crippen molar-refractivity contribution in [3.8, 4) is 0 Å². The summed E-state index contributed by atoms with van der Waals surface area (Å²) in [5.74, 6) is 0.0250. The monoisotopic (exact) mass is 365 g/mol. The molecule has 0 saturated carbocycles. The summed E-state index contributed by atoms with van der Waals surface area (Å²) < 4.78 is 1.93. The number of nitrogens with zero attached hydrogens (tertiary/aromatic N) is 1. The van der Waals surface area contributed by atoms with Crippen molar-refractivity contribution < 1.29 is 4.79 Å². The third kappa shape index (κ3) is 2.77. The molecule has 0 aliphatic carbocycles. The van der Waals surface area contributed by atoms with Crippen LogP contribution in [0.5, 0.6) is 0 Å². The smallest absolute Gasteiger partial charge is 0.168 e. The molecule has 0 atom stereocenters. The summed E-state index contributed by atoms with van der Waals surface area (Å²) in [4.78, 5) is 16.6. The summed E-state index contributed by atoms with van der Waals surface area (Å²) in [6.07, 6.45) is 1.91. The minimum atomic E-state index is 0.0250. The Morgan fingerprint density at radius 3 is 2.95 bits per heavy atom. The Morgan fingerprint density at radius 2 is 2.15 bits per heavy atom. The van der Waals surface area contributed by atoms with E-state index in [1.165, 1.54) is 0 Å². The minimum absolute atomic E-state index is 0.0250. The Balaban J connectivity index is 1.88. The van der Waals surface area contributed by atoms with Crippen molar-refractivity contribution in [1.29, 1.82) is 0 Å². The summed E-state index contributed by atoms with van der Waals surface area (Å²) in [6, 6.07) is 9.38. The second-order valence-electron chi connectivity index (χ2n) is 4.36. The maximum atomic E-state index is 12.3. The van der Waals surface area contributed by atoms with Gasteiger partial charge in [0.05, 0.1) is 10.2 Å². The summed E-state index contributed by atoms with van der Waals surface area (Å²) >= 11 is 11.1. The van der Waals surface area contributed by atoms with Crippen LogP contribution in [-0.4, -0.2) is 10.8 Å². The van der Waals surface area contributed by atoms with Crippen molar-refractivity contribution >= 4 is 54.9 Å². The molecule has 0 aliphatic rings. The fourth-order valence-electron chi connectivity index (χ4n) is 1.94. The van der Waals surface area contributed by atoms with Crippen LogP contribution >= 0.6 is 38.9 Å². The van der Waals surface area contributed by atoms with Crippen LogP contribution in [0, 0.1) is 0 Å². The number of hydrogen-bond donors (Lipinski definition) is 0. The van der Waals surface area contributed by atoms with E-state index in [1.54, 1.807) is 23.6 Å². The third-order valence-electron chi connectivity index (χ3n) is 2.99. The van der Waals surface area contributed by atoms with Gasteiger partial charge in [0, 0.05) is 27.7 Å². The van der Waals surface area contributed by atoms with Crippen molar-refractivity contribution in [2.45, 2.75) is 6.42 Å². The Morgan fingerprint density at radius 1 is 1.30 bits per heavy atom. The predicted molar refractivity (Wildman–Crippen MR) is 86.8 cm³/mol. The van der Waals surface area contributed by atoms with Gasteiger partial charge in [-0.2, -0.15) is 0 Å². The molecule has 3 aromatic rings. The van der Waals surface area contributed by atoms with E-state index in [9.17, 15) is 4.79 Å². The molecule has 0 N–H and O–H groups in total. The molecule has 0 unspecified atom stereocenters. The van der Waals surface area contributed by atoms with Crippen LogP contribution in [0.3, 0.4) is 0 Å². The first-order valence-electron chi connectivity index (χ1n) is 5.94. The lowest BCUT2D eigenvalue weighted by molar-refractivity contribution is 0.0993. The molecular weight excluding hydrogens is 358 g/mol. The van der Waals surface area contributed by atoms with Crippen molar-refractivity contribution in [2.24, 2.45) is 0 Å². The molecule has 1 aromatic carbocycles. The van der Waals surface area contributed by atoms with Crippen LogP contribution < -0.4 is 0 Å². The zero-order chi connectivity index (χ0) is 14.1. The van der Waals surface area contributed by atoms with E-state index in [-0.39, 0.29) is 12.2 Å². The van der Waals surface area contributed by atoms with Gasteiger partial charge in [-0.1, -0.05) is 33.6 Å². The van der Waals surface area contributed by atoms with Gasteiger partial charge in [-0.05, 0) is 35.2 Å². The summed E-state index contributed by atoms with van der Waals surface area (Å²) in [6.45, 7) is 0. The van der Waals surface area contributed by atoms with Crippen molar-refractivity contribution in [2.75, 3.05) is 0 Å². The highest BCUT2D eigenvalue weighted by molar-refractivity contribution is 9.10. The molecule has 2 aromatic heterocycles. The summed E-state index contributed by atoms with van der Waals surface area (Å²) in [7, 11) is 0. The number of thiophene rings is 1. The number of hydrogen-bond acceptors (Lipinski definition) is 3. The van der Waals surface area contributed by atoms with E-state index in [2.05, 4.69) is 20.9 Å². The molecule has 0 radical (unpaired) electrons. The van der Waals surface area contributed by atoms with E-state index in [1.807, 2.05) is 29.6 Å². The average Bonchev–Trinajstić information content (AvgIpc) is 2.89. The van der Waals surface area contributed by atoms with Gasteiger partial charge in [0.25, 0.3) is 0 Å². The number of aromatic nitrogens is 1. The minimum Gasteiger partial charge on any atom is -0.294 e. The van der Waals surface area contributed by atoms with E-state index < -0.39 is 0 Å². The molecule has 0 aliphatic heterocycles. The van der Waals surface area contributed by atoms with Crippen LogP contribution in [0.15, 0.2) is 46.4 Å². The first kappa shape index (κ1) is 13.7. The lowest BCUT2D eigenvalue weighted by atomic mass is 10.0. The fraction of sp³-hybridized carbons (Fsp3) is 0.0667. The van der Waals surface area contributed by atoms with Gasteiger partial charge in [-0.25, -0.2) is 0 Å². The largest absolute Gasteiger partial charge is 0.294 e. The first-order valence-corrected chi connectivity index (χ1v) is 7.99. The molecule has 2 heterocycles. The van der Waals surface area contributed by atoms with E-state index in [0.717, 1.165) is 20.3 Å². The predicted octanol–water partition coefficient (Wildman–Crippen LogP) is 5.14. The topological polar surface area (TPSA) is 30.0 Å². The molecule has 2 nitrogen and oxygen atoms in total. The van der Waals surface area contributed by atoms with Crippen LogP contribution in [0.2, 0.25) is 5.02 Å². The van der Waals surface area contributed by atoms with Crippen LogP contribution in [0.1, 0.15) is 15.9 Å². The van der Waals surface area contributed by atoms with E-state index >= 15 is 0 Å². The van der Waals surface area contributed by atoms with Gasteiger partial charge in [0.2, 0.25) is 0 Å². The summed E-state index contributed by atoms with van der Waals surface area (Å²) in [5.41, 5.74) is 2.37. The number of pyridine rings is 1. The normalized spacial score (nSPS) is 10.9. The average molecular weight is 367 g/mol. The molecule has 0 spiro atoms. The van der Waals surface area contributed by atoms with Gasteiger partial charge in [-0.3, -0.25) is 9.78 Å². The number of carbonyl (C=O) groups excluding carboxylic acids is 1. The quantitative estimate of drug-likeness (QED) is 0.601. The van der Waals surface area contributed by atoms with Crippen LogP contribution in [0.4, 0.5) is 0 Å². The molecule has 20 heavy (non-hydrogen) atoms. The highest BCUT2D eigenvalue weighted by Crippen LogP contribution is 2.24. The van der Waals surface area contributed by atoms with Crippen molar-refractivity contribution in [3.05, 3.63) is 62.5 Å². The lowest BCUT2D eigenvalue weighted by Gasteiger charge is -2.04. The van der Waals surface area contributed by atoms with Crippen molar-refractivity contribution in [1.82, 2.24) is 4.98 Å². The molecule has 100 valence electrons. The maximum absolute atomic E-state index is 12.3. The standard InChI is InChI=1S/C15H9BrClNOS/c16-11-2-1-9(12(17)7-11)5-14(19)10-6-15-13(18-8-10)3-4-20-15/h1-4,6-8H,5H2. The molecule has 0 saturated heterocycles. The van der Waals surface area contributed by atoms with Gasteiger partial charge < -0.3 is 0 Å². The SMILES string of the molecule is O=C(Cc1ccc(Br)cc1Cl)c1cnc2ccsc2c1. The second kappa shape index (κ2) is 5.64. The van der Waals surface area contributed by atoms with Crippen LogP contribution in [-0.2, 0) is 6.42 Å². The number of benzene rings is 1. The molecule has 3 rings (SSSR count). The number of Topliss-reactive ketones (excluding diaryl/α,β-unsaturated/α-hetero) is 1. The highest BCUT2D eigenvalue weighted by Gasteiger charge is 2.11. The fourth-order valence-corrected chi connectivity index (χ4v) is 3.46. The Labute approximate surface area is 133 Å². The molecular formula is C15H9BrClNOS. The van der Waals surface area contributed by atoms with Gasteiger partial charge >= 0.3 is 0 Å². The highest BCUT2D eigenvalue weighted by atomic mass is 79.9. The van der Waals surface area contributed by atoms with Gasteiger partial charge in [0.1, 0.15) is 0 Å². The van der Waals surface area contributed by atoms with Gasteiger partial charge in [0.15, 0.2) is 5.78 Å². The molecule has 0 amide bonds. The second-order valence-corrected chi connectivity index (χ2v) is 6.63. The number of carbonyl (C=O) groups is 1. The Kier molecular flexibility index (Phi) is 3.87. The summed E-state index contributed by atoms with van der Waals surface area (Å²) in [5, 5.41) is 2.57. The van der Waals surface area contributed by atoms with E-state index in [0.29, 0.717) is 10.6 Å². The maximum Gasteiger partial charge on any atom is 0.168 e. The Hall–Kier alpha value is -1.23. The van der Waals surface area contributed by atoms with Crippen molar-refractivity contribution in [3.63, 3.8) is 0 Å². The molecule has 5 heteroatoms. The molecule has 0 bridgehead atoms. The van der Waals surface area contributed by atoms with Crippen LogP contribution in [0.25, 0.3) is 10.2 Å². The first-order chi connectivity index (χ1) is 9.63. The number of halogens is 2. The Bertz CT molecular complexity index is 799. The third-order valence-corrected chi connectivity index (χ3v) is 4.69. The zero-order valence-corrected chi connectivity index (χ0v) is 13.4.